The molecule has 0 aliphatic carbocycles. The van der Waals surface area contributed by atoms with Gasteiger partial charge in [-0.25, -0.2) is 4.68 Å². The molecule has 3 rings (SSSR count). The predicted molar refractivity (Wildman–Crippen MR) is 80.2 cm³/mol. The highest BCUT2D eigenvalue weighted by atomic mass is 16.6. The van der Waals surface area contributed by atoms with Crippen molar-refractivity contribution in [1.82, 2.24) is 34.3 Å². The second-order valence-corrected chi connectivity index (χ2v) is 4.82. The summed E-state index contributed by atoms with van der Waals surface area (Å²) >= 11 is 0. The first-order chi connectivity index (χ1) is 12.0. The summed E-state index contributed by atoms with van der Waals surface area (Å²) in [6, 6.07) is 3.39. The Morgan fingerprint density at radius 1 is 1.44 bits per heavy atom. The molecule has 0 atom stereocenters. The van der Waals surface area contributed by atoms with Gasteiger partial charge < -0.3 is 15.4 Å². The topological polar surface area (TPSA) is 162 Å². The minimum Gasteiger partial charge on any atom is -0.390 e. The van der Waals surface area contributed by atoms with Crippen LogP contribution in [0.15, 0.2) is 24.8 Å². The van der Waals surface area contributed by atoms with Crippen LogP contribution in [-0.2, 0) is 13.7 Å². The van der Waals surface area contributed by atoms with E-state index in [1.54, 1.807) is 7.05 Å². The van der Waals surface area contributed by atoms with Crippen molar-refractivity contribution in [3.05, 3.63) is 46.2 Å². The fraction of sp³-hybridized carbons (Fsp3) is 0.167. The van der Waals surface area contributed by atoms with Gasteiger partial charge in [0.05, 0.1) is 6.20 Å². The van der Waals surface area contributed by atoms with Crippen LogP contribution in [0, 0.1) is 21.4 Å². The number of nitro groups is 1. The Hall–Kier alpha value is -4.08. The molecular formula is C12H10N10O3. The van der Waals surface area contributed by atoms with E-state index in [2.05, 4.69) is 25.6 Å². The summed E-state index contributed by atoms with van der Waals surface area (Å²) in [5, 5.41) is 33.7. The molecule has 0 aliphatic rings. The molecule has 0 radical (unpaired) electrons. The van der Waals surface area contributed by atoms with Crippen LogP contribution in [0.4, 0.5) is 11.8 Å². The Balaban J connectivity index is 1.72. The van der Waals surface area contributed by atoms with E-state index >= 15 is 0 Å². The van der Waals surface area contributed by atoms with Crippen molar-refractivity contribution in [2.75, 3.05) is 5.32 Å². The summed E-state index contributed by atoms with van der Waals surface area (Å²) < 4.78 is 3.94. The number of nitriles is 1. The number of aromatic nitrogens is 7. The van der Waals surface area contributed by atoms with Gasteiger partial charge in [0.2, 0.25) is 6.33 Å². The van der Waals surface area contributed by atoms with Crippen molar-refractivity contribution in [3.63, 3.8) is 0 Å². The van der Waals surface area contributed by atoms with Gasteiger partial charge >= 0.3 is 5.95 Å². The normalized spacial score (nSPS) is 10.4. The monoisotopic (exact) mass is 342 g/mol. The smallest absolute Gasteiger partial charge is 0.390 e. The first-order valence-corrected chi connectivity index (χ1v) is 6.78. The van der Waals surface area contributed by atoms with Crippen molar-refractivity contribution in [1.29, 1.82) is 5.26 Å². The molecule has 0 saturated carbocycles. The maximum absolute atomic E-state index is 12.2. The number of hydrogen-bond donors (Lipinski definition) is 1. The molecule has 0 fully saturated rings. The van der Waals surface area contributed by atoms with Crippen molar-refractivity contribution in [2.45, 2.75) is 6.67 Å². The van der Waals surface area contributed by atoms with Crippen molar-refractivity contribution < 1.29 is 9.72 Å². The van der Waals surface area contributed by atoms with E-state index in [4.69, 9.17) is 5.26 Å². The molecule has 1 amide bonds. The highest BCUT2D eigenvalue weighted by Crippen LogP contribution is 2.13. The third-order valence-corrected chi connectivity index (χ3v) is 3.14. The van der Waals surface area contributed by atoms with E-state index in [1.807, 2.05) is 6.07 Å². The zero-order valence-electron chi connectivity index (χ0n) is 12.8. The van der Waals surface area contributed by atoms with E-state index in [1.165, 1.54) is 38.8 Å². The summed E-state index contributed by atoms with van der Waals surface area (Å²) in [6.07, 6.45) is 4.04. The highest BCUT2D eigenvalue weighted by molar-refractivity contribution is 6.02. The van der Waals surface area contributed by atoms with Gasteiger partial charge in [-0.1, -0.05) is 4.98 Å². The maximum Gasteiger partial charge on any atom is 0.491 e. The second kappa shape index (κ2) is 6.20. The zero-order chi connectivity index (χ0) is 18.0. The summed E-state index contributed by atoms with van der Waals surface area (Å²) in [5.41, 5.74) is 0.324. The Bertz CT molecular complexity index is 991. The third kappa shape index (κ3) is 3.17. The molecule has 25 heavy (non-hydrogen) atoms. The average Bonchev–Trinajstić information content (AvgIpc) is 3.29. The van der Waals surface area contributed by atoms with Gasteiger partial charge in [-0.3, -0.25) is 9.48 Å². The van der Waals surface area contributed by atoms with Crippen molar-refractivity contribution in [2.24, 2.45) is 7.05 Å². The van der Waals surface area contributed by atoms with Gasteiger partial charge in [-0.15, -0.1) is 0 Å². The Kier molecular flexibility index (Phi) is 3.92. The van der Waals surface area contributed by atoms with E-state index < -0.39 is 16.8 Å². The first-order valence-electron chi connectivity index (χ1n) is 6.78. The van der Waals surface area contributed by atoms with E-state index in [9.17, 15) is 14.9 Å². The lowest BCUT2D eigenvalue weighted by molar-refractivity contribution is -0.394. The fourth-order valence-corrected chi connectivity index (χ4v) is 1.99. The average molecular weight is 342 g/mol. The number of hydrogen-bond acceptors (Lipinski definition) is 8. The van der Waals surface area contributed by atoms with Crippen molar-refractivity contribution in [3.8, 4) is 6.07 Å². The highest BCUT2D eigenvalue weighted by Gasteiger charge is 2.17. The number of amides is 1. The quantitative estimate of drug-likeness (QED) is 0.490. The van der Waals surface area contributed by atoms with Crippen LogP contribution < -0.4 is 5.32 Å². The summed E-state index contributed by atoms with van der Waals surface area (Å²) in [5.74, 6) is -0.789. The lowest BCUT2D eigenvalue weighted by atomic mass is 10.3. The van der Waals surface area contributed by atoms with Gasteiger partial charge in [0, 0.05) is 18.3 Å². The van der Waals surface area contributed by atoms with Gasteiger partial charge in [0.15, 0.2) is 12.4 Å². The molecule has 0 spiro atoms. The summed E-state index contributed by atoms with van der Waals surface area (Å²) in [7, 11) is 1.59. The number of carbonyl (C=O) groups excluding carboxylic acids is 1. The Labute approximate surface area is 139 Å². The van der Waals surface area contributed by atoms with Gasteiger partial charge in [-0.2, -0.15) is 20.1 Å². The molecule has 3 heterocycles. The molecule has 1 N–H and O–H groups in total. The van der Waals surface area contributed by atoms with Crippen LogP contribution in [0.5, 0.6) is 0 Å². The van der Waals surface area contributed by atoms with Gasteiger partial charge in [0.1, 0.15) is 17.5 Å². The lowest BCUT2D eigenvalue weighted by Gasteiger charge is -2.04. The van der Waals surface area contributed by atoms with E-state index in [0.717, 1.165) is 0 Å². The number of anilines is 1. The Morgan fingerprint density at radius 3 is 2.92 bits per heavy atom. The number of nitrogens with zero attached hydrogens (tertiary/aromatic N) is 9. The minimum absolute atomic E-state index is 0.0449. The van der Waals surface area contributed by atoms with Crippen LogP contribution in [-0.4, -0.2) is 45.2 Å². The zero-order valence-corrected chi connectivity index (χ0v) is 12.8. The van der Waals surface area contributed by atoms with Crippen LogP contribution >= 0.6 is 0 Å². The standard InChI is InChI=1S/C12H10N10O3/c1-19-10(8(4-13)5-15-19)16-11(23)9-2-3-20(17-9)7-21-6-14-12(18-21)22(24)25/h2-3,5-6H,7H2,1H3,(H,16,23). The SMILES string of the molecule is Cn1ncc(C#N)c1NC(=O)c1ccn(Cn2cnc([N+](=O)[O-])n2)n1. The van der Waals surface area contributed by atoms with Crippen LogP contribution in [0.2, 0.25) is 0 Å². The summed E-state index contributed by atoms with van der Waals surface area (Å²) in [4.78, 5) is 25.6. The summed E-state index contributed by atoms with van der Waals surface area (Å²) in [6.45, 7) is 0.0449. The second-order valence-electron chi connectivity index (χ2n) is 4.82. The number of rotatable bonds is 5. The minimum atomic E-state index is -0.709. The number of carbonyl (C=O) groups is 1. The number of nitrogens with one attached hydrogen (secondary N) is 1. The molecular weight excluding hydrogens is 332 g/mol. The Morgan fingerprint density at radius 2 is 2.24 bits per heavy atom. The fourth-order valence-electron chi connectivity index (χ4n) is 1.99. The van der Waals surface area contributed by atoms with E-state index in [-0.39, 0.29) is 23.7 Å². The third-order valence-electron chi connectivity index (χ3n) is 3.14. The van der Waals surface area contributed by atoms with Crippen LogP contribution in [0.3, 0.4) is 0 Å². The molecule has 13 nitrogen and oxygen atoms in total. The van der Waals surface area contributed by atoms with Crippen molar-refractivity contribution >= 4 is 17.7 Å². The van der Waals surface area contributed by atoms with E-state index in [0.29, 0.717) is 0 Å². The molecule has 0 aromatic carbocycles. The molecule has 3 aromatic rings. The first kappa shape index (κ1) is 15.8. The molecule has 0 unspecified atom stereocenters. The van der Waals surface area contributed by atoms with Gasteiger partial charge in [-0.05, 0) is 11.0 Å². The largest absolute Gasteiger partial charge is 0.491 e. The molecule has 0 saturated heterocycles. The predicted octanol–water partition coefficient (Wildman–Crippen LogP) is -0.254. The molecule has 0 bridgehead atoms. The molecule has 3 aromatic heterocycles. The molecule has 0 aliphatic heterocycles. The van der Waals surface area contributed by atoms with Crippen LogP contribution in [0.1, 0.15) is 16.1 Å². The maximum atomic E-state index is 12.2. The van der Waals surface area contributed by atoms with Crippen LogP contribution in [0.25, 0.3) is 0 Å². The molecule has 126 valence electrons. The van der Waals surface area contributed by atoms with Gasteiger partial charge in [0.25, 0.3) is 5.91 Å². The lowest BCUT2D eigenvalue weighted by Crippen LogP contribution is -2.17. The molecule has 13 heteroatoms. The number of aryl methyl sites for hydroxylation is 1.